The Labute approximate surface area is 152 Å². The standard InChI is InChI=1S/C18H25N5OS/c1-6-25-18-20-19-17-21(11-16(24)22(12(2)3)13(4)5)14-9-7-8-10-15(14)23(17)18/h7-10,12-13H,6,11H2,1-5H3. The average Bonchev–Trinajstić information content (AvgIpc) is 3.08. The highest BCUT2D eigenvalue weighted by molar-refractivity contribution is 7.99. The van der Waals surface area contributed by atoms with Crippen molar-refractivity contribution in [3.8, 4) is 0 Å². The minimum atomic E-state index is 0.0981. The van der Waals surface area contributed by atoms with Gasteiger partial charge in [0, 0.05) is 12.1 Å². The van der Waals surface area contributed by atoms with Crippen LogP contribution in [0.1, 0.15) is 34.6 Å². The summed E-state index contributed by atoms with van der Waals surface area (Å²) in [6.07, 6.45) is 0. The molecule has 3 rings (SSSR count). The smallest absolute Gasteiger partial charge is 0.243 e. The van der Waals surface area contributed by atoms with Crippen molar-refractivity contribution in [3.05, 3.63) is 24.3 Å². The zero-order valence-electron chi connectivity index (χ0n) is 15.4. The van der Waals surface area contributed by atoms with Gasteiger partial charge < -0.3 is 4.90 Å². The van der Waals surface area contributed by atoms with Crippen LogP contribution in [0.25, 0.3) is 16.8 Å². The zero-order chi connectivity index (χ0) is 18.1. The van der Waals surface area contributed by atoms with Crippen molar-refractivity contribution >= 4 is 34.5 Å². The van der Waals surface area contributed by atoms with E-state index in [0.29, 0.717) is 0 Å². The van der Waals surface area contributed by atoms with E-state index < -0.39 is 0 Å². The molecule has 0 radical (unpaired) electrons. The van der Waals surface area contributed by atoms with Crippen LogP contribution in [0.5, 0.6) is 0 Å². The van der Waals surface area contributed by atoms with Gasteiger partial charge in [0.05, 0.1) is 11.0 Å². The number of hydrogen-bond acceptors (Lipinski definition) is 4. The molecule has 2 aromatic heterocycles. The first-order chi connectivity index (χ1) is 12.0. The fourth-order valence-electron chi connectivity index (χ4n) is 3.40. The molecule has 0 saturated carbocycles. The van der Waals surface area contributed by atoms with E-state index in [1.807, 2.05) is 59.8 Å². The lowest BCUT2D eigenvalue weighted by Gasteiger charge is -2.31. The molecule has 1 amide bonds. The third-order valence-electron chi connectivity index (χ3n) is 4.24. The minimum Gasteiger partial charge on any atom is -0.336 e. The number of nitrogens with zero attached hydrogens (tertiary/aromatic N) is 5. The number of carbonyl (C=O) groups excluding carboxylic acids is 1. The highest BCUT2D eigenvalue weighted by atomic mass is 32.2. The van der Waals surface area contributed by atoms with E-state index in [4.69, 9.17) is 0 Å². The Balaban J connectivity index is 2.10. The van der Waals surface area contributed by atoms with Gasteiger partial charge in [0.15, 0.2) is 5.16 Å². The molecule has 0 atom stereocenters. The van der Waals surface area contributed by atoms with Crippen LogP contribution in [0.15, 0.2) is 29.4 Å². The van der Waals surface area contributed by atoms with Crippen LogP contribution in [-0.4, -0.2) is 47.8 Å². The first-order valence-electron chi connectivity index (χ1n) is 8.72. The third kappa shape index (κ3) is 3.13. The van der Waals surface area contributed by atoms with Crippen molar-refractivity contribution in [1.29, 1.82) is 0 Å². The molecule has 0 saturated heterocycles. The van der Waals surface area contributed by atoms with Gasteiger partial charge in [-0.2, -0.15) is 0 Å². The summed E-state index contributed by atoms with van der Waals surface area (Å²) in [4.78, 5) is 14.9. The van der Waals surface area contributed by atoms with Crippen LogP contribution < -0.4 is 0 Å². The van der Waals surface area contributed by atoms with Gasteiger partial charge in [-0.25, -0.2) is 0 Å². The molecule has 0 N–H and O–H groups in total. The van der Waals surface area contributed by atoms with Gasteiger partial charge in [-0.3, -0.25) is 13.8 Å². The maximum absolute atomic E-state index is 13.0. The van der Waals surface area contributed by atoms with Gasteiger partial charge in [-0.15, -0.1) is 10.2 Å². The van der Waals surface area contributed by atoms with Crippen LogP contribution in [0.3, 0.4) is 0 Å². The Morgan fingerprint density at radius 3 is 2.36 bits per heavy atom. The van der Waals surface area contributed by atoms with E-state index in [1.54, 1.807) is 11.8 Å². The summed E-state index contributed by atoms with van der Waals surface area (Å²) in [7, 11) is 0. The number of imidazole rings is 1. The highest BCUT2D eigenvalue weighted by Gasteiger charge is 2.23. The van der Waals surface area contributed by atoms with Crippen LogP contribution >= 0.6 is 11.8 Å². The Hall–Kier alpha value is -2.02. The maximum Gasteiger partial charge on any atom is 0.243 e. The van der Waals surface area contributed by atoms with Gasteiger partial charge >= 0.3 is 0 Å². The molecule has 1 aromatic carbocycles. The molecule has 0 aliphatic heterocycles. The quantitative estimate of drug-likeness (QED) is 0.633. The molecule has 6 nitrogen and oxygen atoms in total. The molecule has 2 heterocycles. The molecule has 0 bridgehead atoms. The van der Waals surface area contributed by atoms with Crippen molar-refractivity contribution in [2.75, 3.05) is 5.75 Å². The van der Waals surface area contributed by atoms with Gasteiger partial charge in [0.2, 0.25) is 11.7 Å². The van der Waals surface area contributed by atoms with Crippen LogP contribution in [0, 0.1) is 0 Å². The molecule has 25 heavy (non-hydrogen) atoms. The van der Waals surface area contributed by atoms with Crippen LogP contribution in [-0.2, 0) is 11.3 Å². The van der Waals surface area contributed by atoms with Crippen molar-refractivity contribution in [2.24, 2.45) is 0 Å². The van der Waals surface area contributed by atoms with Crippen LogP contribution in [0.2, 0.25) is 0 Å². The average molecular weight is 359 g/mol. The Bertz CT molecular complexity index is 888. The summed E-state index contributed by atoms with van der Waals surface area (Å²) in [6, 6.07) is 8.40. The number of para-hydroxylation sites is 2. The maximum atomic E-state index is 13.0. The molecule has 0 unspecified atom stereocenters. The van der Waals surface area contributed by atoms with E-state index >= 15 is 0 Å². The molecule has 3 aromatic rings. The summed E-state index contributed by atoms with van der Waals surface area (Å²) in [6.45, 7) is 10.6. The Kier molecular flexibility index (Phi) is 5.03. The van der Waals surface area contributed by atoms with Gasteiger partial charge in [0.1, 0.15) is 6.54 Å². The summed E-state index contributed by atoms with van der Waals surface area (Å²) < 4.78 is 4.02. The lowest BCUT2D eigenvalue weighted by Crippen LogP contribution is -2.43. The number of aromatic nitrogens is 4. The van der Waals surface area contributed by atoms with Crippen molar-refractivity contribution in [3.63, 3.8) is 0 Å². The second-order valence-electron chi connectivity index (χ2n) is 6.61. The Morgan fingerprint density at radius 1 is 1.12 bits per heavy atom. The predicted molar refractivity (Wildman–Crippen MR) is 102 cm³/mol. The fraction of sp³-hybridized carbons (Fsp3) is 0.500. The van der Waals surface area contributed by atoms with Gasteiger partial charge in [0.25, 0.3) is 0 Å². The summed E-state index contributed by atoms with van der Waals surface area (Å²) in [5, 5.41) is 9.53. The molecular weight excluding hydrogens is 334 g/mol. The first kappa shape index (κ1) is 17.8. The monoisotopic (exact) mass is 359 g/mol. The first-order valence-corrected chi connectivity index (χ1v) is 9.70. The zero-order valence-corrected chi connectivity index (χ0v) is 16.2. The topological polar surface area (TPSA) is 55.4 Å². The summed E-state index contributed by atoms with van der Waals surface area (Å²) in [5.41, 5.74) is 2.04. The highest BCUT2D eigenvalue weighted by Crippen LogP contribution is 2.26. The molecule has 0 spiro atoms. The van der Waals surface area contributed by atoms with E-state index in [9.17, 15) is 4.79 Å². The number of thioether (sulfide) groups is 1. The van der Waals surface area contributed by atoms with Crippen LogP contribution in [0.4, 0.5) is 0 Å². The van der Waals surface area contributed by atoms with Gasteiger partial charge in [-0.1, -0.05) is 30.8 Å². The minimum absolute atomic E-state index is 0.0981. The molecule has 134 valence electrons. The molecule has 0 fully saturated rings. The predicted octanol–water partition coefficient (Wildman–Crippen LogP) is 3.44. The van der Waals surface area contributed by atoms with Crippen molar-refractivity contribution in [1.82, 2.24) is 24.1 Å². The van der Waals surface area contributed by atoms with Gasteiger partial charge in [-0.05, 0) is 45.6 Å². The number of fused-ring (bicyclic) bond motifs is 3. The second kappa shape index (κ2) is 7.07. The molecule has 0 aliphatic carbocycles. The third-order valence-corrected chi connectivity index (χ3v) is 5.05. The van der Waals surface area contributed by atoms with Crippen molar-refractivity contribution < 1.29 is 4.79 Å². The molecule has 0 aliphatic rings. The molecular formula is C18H25N5OS. The second-order valence-corrected chi connectivity index (χ2v) is 7.85. The largest absolute Gasteiger partial charge is 0.336 e. The number of carbonyl (C=O) groups is 1. The number of benzene rings is 1. The SMILES string of the molecule is CCSc1nnc2n(CC(=O)N(C(C)C)C(C)C)c3ccccc3n12. The lowest BCUT2D eigenvalue weighted by atomic mass is 10.2. The summed E-state index contributed by atoms with van der Waals surface area (Å²) >= 11 is 1.66. The van der Waals surface area contributed by atoms with Crippen molar-refractivity contribution in [2.45, 2.75) is 58.4 Å². The van der Waals surface area contributed by atoms with E-state index in [1.165, 1.54) is 0 Å². The van der Waals surface area contributed by atoms with E-state index in [2.05, 4.69) is 23.2 Å². The fourth-order valence-corrected chi connectivity index (χ4v) is 4.07. The summed E-state index contributed by atoms with van der Waals surface area (Å²) in [5.74, 6) is 1.74. The number of amides is 1. The molecule has 7 heteroatoms. The number of hydrogen-bond donors (Lipinski definition) is 0. The van der Waals surface area contributed by atoms with E-state index in [0.717, 1.165) is 27.7 Å². The Morgan fingerprint density at radius 2 is 1.76 bits per heavy atom. The lowest BCUT2D eigenvalue weighted by molar-refractivity contribution is -0.135. The number of rotatable bonds is 6. The normalized spacial score (nSPS) is 12.0. The van der Waals surface area contributed by atoms with E-state index in [-0.39, 0.29) is 24.5 Å².